The van der Waals surface area contributed by atoms with Crippen molar-refractivity contribution in [3.8, 4) is 11.5 Å². The molecule has 0 aliphatic carbocycles. The van der Waals surface area contributed by atoms with Crippen molar-refractivity contribution in [2.75, 3.05) is 19.0 Å². The van der Waals surface area contributed by atoms with E-state index in [1.807, 2.05) is 6.92 Å². The number of nitro benzene ring substituents is 1. The largest absolute Gasteiger partial charge is 0.493 e. The van der Waals surface area contributed by atoms with Gasteiger partial charge in [-0.2, -0.15) is 8.78 Å². The molecule has 0 spiro atoms. The number of nitrogens with one attached hydrogen (secondary N) is 1. The first-order valence-corrected chi connectivity index (χ1v) is 8.75. The van der Waals surface area contributed by atoms with E-state index in [9.17, 15) is 18.9 Å². The summed E-state index contributed by atoms with van der Waals surface area (Å²) < 4.78 is 34.7. The monoisotopic (exact) mass is 392 g/mol. The Morgan fingerprint density at radius 3 is 2.76 bits per heavy atom. The van der Waals surface area contributed by atoms with Crippen LogP contribution in [0.1, 0.15) is 12.5 Å². The van der Waals surface area contributed by atoms with Crippen LogP contribution in [0, 0.1) is 10.1 Å². The molecule has 136 valence electrons. The van der Waals surface area contributed by atoms with Crippen LogP contribution in [-0.2, 0) is 5.75 Å². The van der Waals surface area contributed by atoms with Gasteiger partial charge < -0.3 is 14.8 Å². The third-order valence-corrected chi connectivity index (χ3v) is 4.93. The maximum Gasteiger partial charge on any atom is 0.387 e. The van der Waals surface area contributed by atoms with Gasteiger partial charge in [-0.25, -0.2) is 0 Å². The average Bonchev–Trinajstić information content (AvgIpc) is 3.00. The van der Waals surface area contributed by atoms with E-state index < -0.39 is 11.5 Å². The highest BCUT2D eigenvalue weighted by molar-refractivity contribution is 8.00. The van der Waals surface area contributed by atoms with Gasteiger partial charge in [-0.1, -0.05) is 23.1 Å². The van der Waals surface area contributed by atoms with Crippen LogP contribution in [0.3, 0.4) is 0 Å². The summed E-state index contributed by atoms with van der Waals surface area (Å²) in [6.07, 6.45) is 0. The fourth-order valence-electron chi connectivity index (χ4n) is 1.85. The summed E-state index contributed by atoms with van der Waals surface area (Å²) in [5.74, 6) is -0.196. The number of benzene rings is 1. The van der Waals surface area contributed by atoms with Crippen LogP contribution in [0.4, 0.5) is 19.6 Å². The molecule has 0 saturated heterocycles. The highest BCUT2D eigenvalue weighted by atomic mass is 32.2. The van der Waals surface area contributed by atoms with E-state index >= 15 is 0 Å². The third-order valence-electron chi connectivity index (χ3n) is 2.86. The second-order valence-electron chi connectivity index (χ2n) is 4.46. The molecule has 0 radical (unpaired) electrons. The summed E-state index contributed by atoms with van der Waals surface area (Å²) in [6, 6.07) is 2.25. The van der Waals surface area contributed by atoms with Gasteiger partial charge in [0, 0.05) is 17.9 Å². The number of hydrogen-bond donors (Lipinski definition) is 1. The topological polar surface area (TPSA) is 99.4 Å². The molecular weight excluding hydrogens is 378 g/mol. The zero-order valence-electron chi connectivity index (χ0n) is 13.2. The van der Waals surface area contributed by atoms with Gasteiger partial charge in [0.15, 0.2) is 15.8 Å². The molecule has 0 fully saturated rings. The maximum absolute atomic E-state index is 12.4. The molecule has 2 rings (SSSR count). The summed E-state index contributed by atoms with van der Waals surface area (Å²) in [4.78, 5) is 10.6. The molecule has 2 aromatic rings. The minimum atomic E-state index is -3.11. The molecule has 12 heteroatoms. The molecular formula is C13H14F2N4O4S2. The van der Waals surface area contributed by atoms with E-state index in [1.165, 1.54) is 36.3 Å². The Labute approximate surface area is 149 Å². The number of anilines is 1. The summed E-state index contributed by atoms with van der Waals surface area (Å²) in [6.45, 7) is -0.486. The van der Waals surface area contributed by atoms with Crippen LogP contribution in [0.25, 0.3) is 0 Å². The van der Waals surface area contributed by atoms with E-state index in [4.69, 9.17) is 4.74 Å². The zero-order chi connectivity index (χ0) is 18.4. The van der Waals surface area contributed by atoms with E-state index in [0.717, 1.165) is 6.07 Å². The van der Waals surface area contributed by atoms with Crippen molar-refractivity contribution in [3.63, 3.8) is 0 Å². The summed E-state index contributed by atoms with van der Waals surface area (Å²) in [5, 5.41) is 22.8. The summed E-state index contributed by atoms with van der Waals surface area (Å²) in [5.41, 5.74) is -0.0333. The first-order valence-electron chi connectivity index (χ1n) is 6.94. The van der Waals surface area contributed by atoms with Gasteiger partial charge in [-0.3, -0.25) is 10.1 Å². The number of halogens is 2. The molecule has 1 aromatic carbocycles. The Morgan fingerprint density at radius 2 is 2.16 bits per heavy atom. The first-order chi connectivity index (χ1) is 11.9. The van der Waals surface area contributed by atoms with Gasteiger partial charge in [0.05, 0.1) is 18.1 Å². The second-order valence-corrected chi connectivity index (χ2v) is 6.66. The van der Waals surface area contributed by atoms with Gasteiger partial charge in [-0.15, -0.1) is 10.2 Å². The fraction of sp³-hybridized carbons (Fsp3) is 0.385. The summed E-state index contributed by atoms with van der Waals surface area (Å²) in [7, 11) is 1.27. The number of aromatic nitrogens is 2. The molecule has 0 bridgehead atoms. The predicted molar refractivity (Wildman–Crippen MR) is 89.9 cm³/mol. The Balaban J connectivity index is 2.23. The quantitative estimate of drug-likeness (QED) is 0.391. The molecule has 0 unspecified atom stereocenters. The Bertz CT molecular complexity index is 745. The van der Waals surface area contributed by atoms with E-state index in [1.54, 1.807) is 0 Å². The Kier molecular flexibility index (Phi) is 6.70. The molecule has 1 aromatic heterocycles. The maximum atomic E-state index is 12.4. The lowest BCUT2D eigenvalue weighted by Gasteiger charge is -2.11. The minimum absolute atomic E-state index is 0.00731. The van der Waals surface area contributed by atoms with Crippen molar-refractivity contribution in [2.45, 2.75) is 23.6 Å². The molecule has 25 heavy (non-hydrogen) atoms. The van der Waals surface area contributed by atoms with Crippen molar-refractivity contribution in [2.24, 2.45) is 0 Å². The van der Waals surface area contributed by atoms with E-state index in [-0.39, 0.29) is 22.9 Å². The van der Waals surface area contributed by atoms with Crippen molar-refractivity contribution in [3.05, 3.63) is 27.8 Å². The normalized spacial score (nSPS) is 10.8. The Hall–Kier alpha value is -2.21. The van der Waals surface area contributed by atoms with Crippen LogP contribution >= 0.6 is 23.1 Å². The smallest absolute Gasteiger partial charge is 0.387 e. The van der Waals surface area contributed by atoms with E-state index in [0.29, 0.717) is 21.6 Å². The van der Waals surface area contributed by atoms with Gasteiger partial charge in [-0.05, 0) is 13.0 Å². The first kappa shape index (κ1) is 19.1. The SMILES string of the molecule is CCNc1nnc(SCc2cc(OC)c(OC(F)F)cc2[N+](=O)[O-])s1. The molecule has 0 aliphatic heterocycles. The Morgan fingerprint density at radius 1 is 1.40 bits per heavy atom. The number of alkyl halides is 2. The highest BCUT2D eigenvalue weighted by Crippen LogP contribution is 2.38. The zero-order valence-corrected chi connectivity index (χ0v) is 14.8. The van der Waals surface area contributed by atoms with Crippen LogP contribution in [0.15, 0.2) is 16.5 Å². The van der Waals surface area contributed by atoms with Crippen molar-refractivity contribution in [1.82, 2.24) is 10.2 Å². The predicted octanol–water partition coefficient (Wildman–Crippen LogP) is 3.78. The van der Waals surface area contributed by atoms with Crippen LogP contribution in [-0.4, -0.2) is 35.4 Å². The van der Waals surface area contributed by atoms with Gasteiger partial charge in [0.2, 0.25) is 5.13 Å². The molecule has 0 amide bonds. The molecule has 8 nitrogen and oxygen atoms in total. The molecule has 0 atom stereocenters. The molecule has 1 heterocycles. The number of ether oxygens (including phenoxy) is 2. The van der Waals surface area contributed by atoms with Crippen LogP contribution in [0.5, 0.6) is 11.5 Å². The standard InChI is InChI=1S/C13H14F2N4O4S2/c1-3-16-12-17-18-13(25-12)24-6-7-4-9(22-2)10(23-11(14)15)5-8(7)19(20)21/h4-5,11H,3,6H2,1-2H3,(H,16,17). The van der Waals surface area contributed by atoms with Crippen LogP contribution in [0.2, 0.25) is 0 Å². The molecule has 0 aliphatic rings. The van der Waals surface area contributed by atoms with Gasteiger partial charge in [0.1, 0.15) is 0 Å². The minimum Gasteiger partial charge on any atom is -0.493 e. The molecule has 0 saturated carbocycles. The third kappa shape index (κ3) is 5.13. The number of rotatable bonds is 9. The number of nitro groups is 1. The van der Waals surface area contributed by atoms with Gasteiger partial charge in [0.25, 0.3) is 5.69 Å². The lowest BCUT2D eigenvalue weighted by atomic mass is 10.2. The highest BCUT2D eigenvalue weighted by Gasteiger charge is 2.22. The van der Waals surface area contributed by atoms with Gasteiger partial charge >= 0.3 is 6.61 Å². The number of thioether (sulfide) groups is 1. The lowest BCUT2D eigenvalue weighted by molar-refractivity contribution is -0.385. The fourth-order valence-corrected chi connectivity index (χ4v) is 3.66. The van der Waals surface area contributed by atoms with E-state index in [2.05, 4.69) is 20.3 Å². The molecule has 1 N–H and O–H groups in total. The lowest BCUT2D eigenvalue weighted by Crippen LogP contribution is -2.05. The van der Waals surface area contributed by atoms with Crippen LogP contribution < -0.4 is 14.8 Å². The van der Waals surface area contributed by atoms with Crippen molar-refractivity contribution < 1.29 is 23.2 Å². The van der Waals surface area contributed by atoms with Crippen molar-refractivity contribution >= 4 is 33.9 Å². The average molecular weight is 392 g/mol. The summed E-state index contributed by atoms with van der Waals surface area (Å²) >= 11 is 2.56. The number of nitrogens with zero attached hydrogens (tertiary/aromatic N) is 3. The number of methoxy groups -OCH3 is 1. The van der Waals surface area contributed by atoms with Crippen molar-refractivity contribution in [1.29, 1.82) is 0 Å². The second kappa shape index (κ2) is 8.76. The number of hydrogen-bond acceptors (Lipinski definition) is 9.